The van der Waals surface area contributed by atoms with Crippen molar-refractivity contribution >= 4 is 35.7 Å². The maximum absolute atomic E-state index is 10.6. The van der Waals surface area contributed by atoms with Crippen molar-refractivity contribution in [3.8, 4) is 0 Å². The summed E-state index contributed by atoms with van der Waals surface area (Å²) in [7, 11) is 4.49. The molecule has 0 aliphatic carbocycles. The van der Waals surface area contributed by atoms with Crippen molar-refractivity contribution in [1.29, 1.82) is 0 Å². The molecule has 2 N–H and O–H groups in total. The molecule has 0 aromatic rings. The molecular formula is C12H18N2O10. The van der Waals surface area contributed by atoms with E-state index in [4.69, 9.17) is 0 Å². The Balaban J connectivity index is 0. The zero-order chi connectivity index (χ0) is 19.1. The van der Waals surface area contributed by atoms with Gasteiger partial charge in [-0.2, -0.15) is 0 Å². The molecular weight excluding hydrogens is 332 g/mol. The Kier molecular flexibility index (Phi) is 13.0. The van der Waals surface area contributed by atoms with Crippen LogP contribution in [0.3, 0.4) is 0 Å². The second-order valence-corrected chi connectivity index (χ2v) is 3.50. The minimum atomic E-state index is -1.04. The number of carbonyl (C=O) groups excluding carboxylic acids is 6. The van der Waals surface area contributed by atoms with E-state index in [9.17, 15) is 28.8 Å². The number of methoxy groups -OCH3 is 4. The Morgan fingerprint density at radius 3 is 1.08 bits per heavy atom. The first-order chi connectivity index (χ1) is 11.2. The highest BCUT2D eigenvalue weighted by atomic mass is 16.5. The summed E-state index contributed by atoms with van der Waals surface area (Å²) in [5, 5.41) is 3.99. The first-order valence-corrected chi connectivity index (χ1v) is 6.09. The van der Waals surface area contributed by atoms with Gasteiger partial charge in [0.1, 0.15) is 13.1 Å². The fourth-order valence-electron chi connectivity index (χ4n) is 0.779. The number of hydrogen-bond donors (Lipinski definition) is 2. The van der Waals surface area contributed by atoms with E-state index in [0.29, 0.717) is 0 Å². The van der Waals surface area contributed by atoms with Gasteiger partial charge in [-0.15, -0.1) is 0 Å². The second kappa shape index (κ2) is 13.5. The Morgan fingerprint density at radius 2 is 0.875 bits per heavy atom. The lowest BCUT2D eigenvalue weighted by Crippen LogP contribution is -2.35. The van der Waals surface area contributed by atoms with E-state index in [1.807, 2.05) is 10.6 Å². The highest BCUT2D eigenvalue weighted by molar-refractivity contribution is 6.33. The maximum Gasteiger partial charge on any atom is 0.396 e. The topological polar surface area (TPSA) is 163 Å². The fraction of sp³-hybridized carbons (Fsp3) is 0.500. The molecule has 0 bridgehead atoms. The summed E-state index contributed by atoms with van der Waals surface area (Å²) in [6, 6.07) is 0. The molecule has 136 valence electrons. The van der Waals surface area contributed by atoms with Crippen LogP contribution in [0, 0.1) is 0 Å². The van der Waals surface area contributed by atoms with Gasteiger partial charge in [-0.25, -0.2) is 9.59 Å². The van der Waals surface area contributed by atoms with Gasteiger partial charge in [-0.05, 0) is 0 Å². The van der Waals surface area contributed by atoms with Gasteiger partial charge in [-0.3, -0.25) is 19.2 Å². The number of rotatable bonds is 4. The molecule has 0 unspecified atom stereocenters. The van der Waals surface area contributed by atoms with E-state index in [1.54, 1.807) is 0 Å². The summed E-state index contributed by atoms with van der Waals surface area (Å²) in [6.07, 6.45) is 0. The standard InChI is InChI=1S/2C6H9NO5/c2*1-11-4(8)3-7-5(9)6(10)12-2/h2*3H2,1-2H3,(H,7,9). The average molecular weight is 350 g/mol. The van der Waals surface area contributed by atoms with Crippen molar-refractivity contribution in [3.05, 3.63) is 0 Å². The van der Waals surface area contributed by atoms with Gasteiger partial charge in [-0.1, -0.05) is 0 Å². The van der Waals surface area contributed by atoms with Crippen LogP contribution in [0.25, 0.3) is 0 Å². The van der Waals surface area contributed by atoms with Crippen LogP contribution in [-0.4, -0.2) is 77.2 Å². The minimum Gasteiger partial charge on any atom is -0.468 e. The Bertz CT molecular complexity index is 444. The number of carbonyl (C=O) groups is 6. The van der Waals surface area contributed by atoms with Crippen molar-refractivity contribution in [1.82, 2.24) is 10.6 Å². The van der Waals surface area contributed by atoms with Gasteiger partial charge < -0.3 is 29.6 Å². The molecule has 0 saturated heterocycles. The zero-order valence-corrected chi connectivity index (χ0v) is 13.5. The quantitative estimate of drug-likeness (QED) is 0.301. The SMILES string of the molecule is COC(=O)CNC(=O)C(=O)OC.COC(=O)CNC(=O)C(=O)OC. The number of ether oxygens (including phenoxy) is 4. The van der Waals surface area contributed by atoms with E-state index in [-0.39, 0.29) is 13.1 Å². The molecule has 0 aliphatic heterocycles. The zero-order valence-electron chi connectivity index (χ0n) is 13.5. The summed E-state index contributed by atoms with van der Waals surface area (Å²) in [5.74, 6) is -5.29. The summed E-state index contributed by atoms with van der Waals surface area (Å²) < 4.78 is 16.6. The molecule has 0 aromatic heterocycles. The highest BCUT2D eigenvalue weighted by Crippen LogP contribution is 1.76. The van der Waals surface area contributed by atoms with Gasteiger partial charge in [0.05, 0.1) is 28.4 Å². The van der Waals surface area contributed by atoms with Gasteiger partial charge in [0.2, 0.25) is 0 Å². The minimum absolute atomic E-state index is 0.343. The second-order valence-electron chi connectivity index (χ2n) is 3.50. The van der Waals surface area contributed by atoms with Crippen LogP contribution in [0.1, 0.15) is 0 Å². The Hall–Kier alpha value is -3.18. The van der Waals surface area contributed by atoms with Crippen molar-refractivity contribution in [3.63, 3.8) is 0 Å². The molecule has 12 heteroatoms. The molecule has 0 atom stereocenters. The lowest BCUT2D eigenvalue weighted by molar-refractivity contribution is -0.153. The normalized spacial score (nSPS) is 8.50. The maximum atomic E-state index is 10.6. The van der Waals surface area contributed by atoms with Crippen LogP contribution in [0.4, 0.5) is 0 Å². The van der Waals surface area contributed by atoms with Crippen LogP contribution in [0.15, 0.2) is 0 Å². The molecule has 0 rings (SSSR count). The molecule has 0 fully saturated rings. The molecule has 12 nitrogen and oxygen atoms in total. The van der Waals surface area contributed by atoms with Gasteiger partial charge in [0, 0.05) is 0 Å². The lowest BCUT2D eigenvalue weighted by Gasteiger charge is -2.00. The van der Waals surface area contributed by atoms with E-state index in [1.165, 1.54) is 14.2 Å². The molecule has 0 saturated carbocycles. The third kappa shape index (κ3) is 11.5. The summed E-state index contributed by atoms with van der Waals surface area (Å²) in [5.41, 5.74) is 0. The fourth-order valence-corrected chi connectivity index (χ4v) is 0.779. The number of hydrogen-bond acceptors (Lipinski definition) is 10. The van der Waals surface area contributed by atoms with Crippen LogP contribution >= 0.6 is 0 Å². The third-order valence-corrected chi connectivity index (χ3v) is 1.98. The summed E-state index contributed by atoms with van der Waals surface area (Å²) >= 11 is 0. The molecule has 0 heterocycles. The molecule has 2 amide bonds. The Morgan fingerprint density at radius 1 is 0.583 bits per heavy atom. The molecule has 0 spiro atoms. The Labute approximate surface area is 136 Å². The summed E-state index contributed by atoms with van der Waals surface area (Å²) in [4.78, 5) is 62.9. The molecule has 0 aliphatic rings. The van der Waals surface area contributed by atoms with E-state index in [0.717, 1.165) is 14.2 Å². The van der Waals surface area contributed by atoms with E-state index in [2.05, 4.69) is 18.9 Å². The average Bonchev–Trinajstić information content (AvgIpc) is 2.62. The van der Waals surface area contributed by atoms with E-state index >= 15 is 0 Å². The number of esters is 4. The molecule has 0 radical (unpaired) electrons. The van der Waals surface area contributed by atoms with Crippen molar-refractivity contribution in [2.24, 2.45) is 0 Å². The van der Waals surface area contributed by atoms with Crippen LogP contribution in [0.2, 0.25) is 0 Å². The monoisotopic (exact) mass is 350 g/mol. The van der Waals surface area contributed by atoms with Crippen molar-refractivity contribution in [2.75, 3.05) is 41.5 Å². The van der Waals surface area contributed by atoms with Crippen molar-refractivity contribution in [2.45, 2.75) is 0 Å². The van der Waals surface area contributed by atoms with Crippen LogP contribution < -0.4 is 10.6 Å². The van der Waals surface area contributed by atoms with Gasteiger partial charge in [0.15, 0.2) is 0 Å². The molecule has 24 heavy (non-hydrogen) atoms. The first-order valence-electron chi connectivity index (χ1n) is 6.09. The molecule has 0 aromatic carbocycles. The van der Waals surface area contributed by atoms with Crippen LogP contribution in [-0.2, 0) is 47.7 Å². The van der Waals surface area contributed by atoms with E-state index < -0.39 is 35.7 Å². The highest BCUT2D eigenvalue weighted by Gasteiger charge is 2.14. The third-order valence-electron chi connectivity index (χ3n) is 1.98. The predicted molar refractivity (Wildman–Crippen MR) is 74.1 cm³/mol. The van der Waals surface area contributed by atoms with Gasteiger partial charge in [0.25, 0.3) is 0 Å². The smallest absolute Gasteiger partial charge is 0.396 e. The number of amides is 2. The number of nitrogens with one attached hydrogen (secondary N) is 2. The lowest BCUT2D eigenvalue weighted by atomic mass is 10.5. The van der Waals surface area contributed by atoms with Crippen molar-refractivity contribution < 1.29 is 47.7 Å². The predicted octanol–water partition coefficient (Wildman–Crippen LogP) is -3.10. The summed E-state index contributed by atoms with van der Waals surface area (Å²) in [6.45, 7) is -0.686. The first kappa shape index (κ1) is 23.1. The van der Waals surface area contributed by atoms with Crippen LogP contribution in [0.5, 0.6) is 0 Å². The van der Waals surface area contributed by atoms with Gasteiger partial charge >= 0.3 is 35.7 Å². The largest absolute Gasteiger partial charge is 0.468 e.